The second-order valence-electron chi connectivity index (χ2n) is 4.71. The maximum absolute atomic E-state index is 12.3. The molecule has 0 fully saturated rings. The lowest BCUT2D eigenvalue weighted by atomic mass is 9.87. The van der Waals surface area contributed by atoms with Crippen LogP contribution in [0.25, 0.3) is 0 Å². The zero-order chi connectivity index (χ0) is 17.1. The van der Waals surface area contributed by atoms with Gasteiger partial charge in [-0.3, -0.25) is 14.4 Å². The number of ketones is 2. The van der Waals surface area contributed by atoms with Gasteiger partial charge in [0.2, 0.25) is 11.6 Å². The lowest BCUT2D eigenvalue weighted by molar-refractivity contribution is -0.135. The quantitative estimate of drug-likeness (QED) is 0.666. The molecule has 1 aromatic carbocycles. The van der Waals surface area contributed by atoms with Crippen LogP contribution in [-0.2, 0) is 4.79 Å². The predicted molar refractivity (Wildman–Crippen MR) is 80.6 cm³/mol. The monoisotopic (exact) mass is 316 g/mol. The number of hydrogen-bond donors (Lipinski definition) is 2. The van der Waals surface area contributed by atoms with Crippen molar-refractivity contribution >= 4 is 17.5 Å². The molecular weight excluding hydrogens is 300 g/mol. The predicted octanol–water partition coefficient (Wildman–Crippen LogP) is 2.59. The second kappa shape index (κ2) is 6.58. The maximum Gasteiger partial charge on any atom is 0.311 e. The van der Waals surface area contributed by atoms with Crippen molar-refractivity contribution in [1.29, 1.82) is 0 Å². The van der Waals surface area contributed by atoms with Crippen LogP contribution in [0.3, 0.4) is 0 Å². The van der Waals surface area contributed by atoms with Crippen LogP contribution in [0.4, 0.5) is 0 Å². The number of furan rings is 1. The van der Waals surface area contributed by atoms with Crippen LogP contribution < -0.4 is 0 Å². The Morgan fingerprint density at radius 3 is 2.48 bits per heavy atom. The van der Waals surface area contributed by atoms with Gasteiger partial charge in [0, 0.05) is 11.1 Å². The zero-order valence-corrected chi connectivity index (χ0v) is 12.7. The van der Waals surface area contributed by atoms with Gasteiger partial charge in [-0.2, -0.15) is 0 Å². The summed E-state index contributed by atoms with van der Waals surface area (Å²) in [6.07, 6.45) is -1.81. The Hall–Kier alpha value is -2.73. The largest absolute Gasteiger partial charge is 0.481 e. The molecule has 1 heterocycles. The van der Waals surface area contributed by atoms with Crippen molar-refractivity contribution < 1.29 is 29.0 Å². The third kappa shape index (κ3) is 2.93. The zero-order valence-electron chi connectivity index (χ0n) is 12.7. The Morgan fingerprint density at radius 2 is 1.83 bits per heavy atom. The van der Waals surface area contributed by atoms with E-state index in [9.17, 15) is 19.5 Å². The number of carbonyl (C=O) groups excluding carboxylic acids is 2. The van der Waals surface area contributed by atoms with Gasteiger partial charge in [-0.15, -0.1) is 0 Å². The summed E-state index contributed by atoms with van der Waals surface area (Å²) in [5.41, 5.74) is 0.935. The number of benzene rings is 1. The summed E-state index contributed by atoms with van der Waals surface area (Å²) < 4.78 is 5.19. The van der Waals surface area contributed by atoms with Gasteiger partial charge in [-0.1, -0.05) is 38.1 Å². The molecule has 23 heavy (non-hydrogen) atoms. The molecule has 1 aromatic heterocycles. The first kappa shape index (κ1) is 16.6. The highest BCUT2D eigenvalue weighted by molar-refractivity contribution is 6.12. The van der Waals surface area contributed by atoms with Crippen molar-refractivity contribution in [3.63, 3.8) is 0 Å². The maximum atomic E-state index is 12.3. The highest BCUT2D eigenvalue weighted by atomic mass is 16.4. The Morgan fingerprint density at radius 1 is 1.17 bits per heavy atom. The Bertz CT molecular complexity index is 771. The molecule has 1 unspecified atom stereocenters. The molecule has 2 N–H and O–H groups in total. The number of aliphatic hydroxyl groups excluding tert-OH is 1. The Kier molecular flexibility index (Phi) is 4.76. The lowest BCUT2D eigenvalue weighted by Gasteiger charge is -2.19. The molecule has 0 aliphatic heterocycles. The smallest absolute Gasteiger partial charge is 0.311 e. The van der Waals surface area contributed by atoms with Crippen molar-refractivity contribution in [3.05, 3.63) is 58.5 Å². The summed E-state index contributed by atoms with van der Waals surface area (Å²) in [5, 5.41) is 18.9. The van der Waals surface area contributed by atoms with Gasteiger partial charge in [-0.05, 0) is 11.6 Å². The van der Waals surface area contributed by atoms with E-state index in [1.165, 1.54) is 6.07 Å². The summed E-state index contributed by atoms with van der Waals surface area (Å²) in [7, 11) is 0. The summed E-state index contributed by atoms with van der Waals surface area (Å²) in [6, 6.07) is 7.77. The van der Waals surface area contributed by atoms with Crippen molar-refractivity contribution in [2.45, 2.75) is 26.4 Å². The van der Waals surface area contributed by atoms with Gasteiger partial charge < -0.3 is 14.6 Å². The van der Waals surface area contributed by atoms with E-state index in [4.69, 9.17) is 9.52 Å². The Balaban J connectivity index is 0.000000924. The molecule has 6 nitrogen and oxygen atoms in total. The molecule has 0 saturated heterocycles. The van der Waals surface area contributed by atoms with E-state index in [2.05, 4.69) is 0 Å². The molecule has 120 valence electrons. The number of carbonyl (C=O) groups is 3. The average molecular weight is 316 g/mol. The molecule has 0 bridgehead atoms. The highest BCUT2D eigenvalue weighted by Gasteiger charge is 2.34. The van der Waals surface area contributed by atoms with Gasteiger partial charge in [0.05, 0.1) is 0 Å². The molecule has 1 atom stereocenters. The fourth-order valence-corrected chi connectivity index (χ4v) is 2.38. The summed E-state index contributed by atoms with van der Waals surface area (Å²) in [6.45, 7) is 4.00. The summed E-state index contributed by atoms with van der Waals surface area (Å²) in [5.74, 6) is -2.82. The van der Waals surface area contributed by atoms with Crippen molar-refractivity contribution in [2.75, 3.05) is 0 Å². The molecule has 1 aliphatic rings. The number of fused-ring (bicyclic) bond motifs is 2. The van der Waals surface area contributed by atoms with Crippen LogP contribution in [0, 0.1) is 0 Å². The fraction of sp³-hybridized carbons (Fsp3) is 0.235. The van der Waals surface area contributed by atoms with Crippen molar-refractivity contribution in [2.24, 2.45) is 0 Å². The number of rotatable bonds is 3. The molecule has 0 amide bonds. The van der Waals surface area contributed by atoms with E-state index < -0.39 is 30.1 Å². The van der Waals surface area contributed by atoms with Crippen molar-refractivity contribution in [3.8, 4) is 0 Å². The van der Waals surface area contributed by atoms with E-state index in [1.807, 2.05) is 13.8 Å². The molecule has 0 spiro atoms. The number of carboxylic acid groups (broad SMARTS) is 1. The topological polar surface area (TPSA) is 105 Å². The Labute approximate surface area is 132 Å². The number of aliphatic carboxylic acids is 1. The van der Waals surface area contributed by atoms with Gasteiger partial charge >= 0.3 is 5.97 Å². The molecule has 1 aliphatic carbocycles. The minimum absolute atomic E-state index is 0.116. The van der Waals surface area contributed by atoms with Crippen LogP contribution in [0.1, 0.15) is 64.2 Å². The summed E-state index contributed by atoms with van der Waals surface area (Å²) >= 11 is 0. The van der Waals surface area contributed by atoms with Gasteiger partial charge in [0.1, 0.15) is 12.5 Å². The molecule has 0 saturated carbocycles. The van der Waals surface area contributed by atoms with Gasteiger partial charge in [0.25, 0.3) is 0 Å². The van der Waals surface area contributed by atoms with E-state index >= 15 is 0 Å². The first-order valence-corrected chi connectivity index (χ1v) is 7.19. The number of Topliss-reactive ketones (excluding diaryl/α,β-unsaturated/α-hetero) is 1. The number of aliphatic hydroxyl groups is 1. The van der Waals surface area contributed by atoms with Crippen LogP contribution in [0.2, 0.25) is 0 Å². The standard InChI is InChI=1S/C15H10O6.C2H6/c16-10(6-12(17)18)11-5-9-13(19)7-3-1-2-4-8(7)14(20)15(9)21-11;1-2/h1-5,13,19H,6H2,(H,17,18);1-2H3. The third-order valence-electron chi connectivity index (χ3n) is 3.35. The van der Waals surface area contributed by atoms with Crippen molar-refractivity contribution in [1.82, 2.24) is 0 Å². The fourth-order valence-electron chi connectivity index (χ4n) is 2.38. The lowest BCUT2D eigenvalue weighted by Crippen LogP contribution is -2.17. The minimum atomic E-state index is -1.29. The number of carboxylic acids is 1. The highest BCUT2D eigenvalue weighted by Crippen LogP contribution is 2.36. The normalized spacial score (nSPS) is 15.1. The third-order valence-corrected chi connectivity index (χ3v) is 3.35. The SMILES string of the molecule is CC.O=C(O)CC(=O)c1cc2c(o1)C(=O)c1ccccc1C2O. The van der Waals surface area contributed by atoms with Gasteiger partial charge in [0.15, 0.2) is 11.5 Å². The van der Waals surface area contributed by atoms with Gasteiger partial charge in [-0.25, -0.2) is 0 Å². The first-order chi connectivity index (χ1) is 11.0. The van der Waals surface area contributed by atoms with E-state index in [1.54, 1.807) is 24.3 Å². The van der Waals surface area contributed by atoms with Crippen LogP contribution >= 0.6 is 0 Å². The first-order valence-electron chi connectivity index (χ1n) is 7.19. The van der Waals surface area contributed by atoms with Crippen LogP contribution in [-0.4, -0.2) is 27.7 Å². The van der Waals surface area contributed by atoms with E-state index in [0.717, 1.165) is 0 Å². The molecule has 0 radical (unpaired) electrons. The molecular formula is C17H16O6. The van der Waals surface area contributed by atoms with E-state index in [0.29, 0.717) is 11.1 Å². The average Bonchev–Trinajstić information content (AvgIpc) is 3.00. The van der Waals surface area contributed by atoms with Crippen LogP contribution in [0.15, 0.2) is 34.7 Å². The molecule has 6 heteroatoms. The number of hydrogen-bond acceptors (Lipinski definition) is 5. The molecule has 3 rings (SSSR count). The molecule has 2 aromatic rings. The minimum Gasteiger partial charge on any atom is -0.481 e. The van der Waals surface area contributed by atoms with Crippen LogP contribution in [0.5, 0.6) is 0 Å². The van der Waals surface area contributed by atoms with E-state index in [-0.39, 0.29) is 17.1 Å². The second-order valence-corrected chi connectivity index (χ2v) is 4.71. The summed E-state index contributed by atoms with van der Waals surface area (Å²) in [4.78, 5) is 34.5.